The van der Waals surface area contributed by atoms with E-state index in [0.29, 0.717) is 13.1 Å². The van der Waals surface area contributed by atoms with Crippen LogP contribution in [0.15, 0.2) is 0 Å². The van der Waals surface area contributed by atoms with Gasteiger partial charge in [0.2, 0.25) is 11.8 Å². The van der Waals surface area contributed by atoms with Gasteiger partial charge in [-0.05, 0) is 33.6 Å². The number of amides is 2. The van der Waals surface area contributed by atoms with Crippen LogP contribution in [-0.4, -0.2) is 41.4 Å². The van der Waals surface area contributed by atoms with E-state index in [2.05, 4.69) is 5.32 Å². The molecule has 0 spiro atoms. The van der Waals surface area contributed by atoms with Crippen molar-refractivity contribution in [1.82, 2.24) is 10.2 Å². The van der Waals surface area contributed by atoms with Crippen LogP contribution in [0.25, 0.3) is 0 Å². The number of hydrogen-bond acceptors (Lipinski definition) is 3. The second-order valence-electron chi connectivity index (χ2n) is 6.19. The number of nitrogens with zero attached hydrogens (tertiary/aromatic N) is 1. The highest BCUT2D eigenvalue weighted by atomic mass is 16.2. The van der Waals surface area contributed by atoms with Crippen molar-refractivity contribution in [3.63, 3.8) is 0 Å². The lowest BCUT2D eigenvalue weighted by molar-refractivity contribution is -0.156. The van der Waals surface area contributed by atoms with Crippen LogP contribution in [-0.2, 0) is 9.59 Å². The molecule has 0 aromatic heterocycles. The molecule has 2 fully saturated rings. The number of carbonyl (C=O) groups excluding carboxylic acids is 2. The summed E-state index contributed by atoms with van der Waals surface area (Å²) in [4.78, 5) is 26.4. The van der Waals surface area contributed by atoms with Crippen LogP contribution in [0.3, 0.4) is 0 Å². The standard InChI is InChI=1S/C13H23N3O2/c1-12(2)10(17)15-7-8-16(12)11(18)13(3)6-4-5-9(13)14/h9H,4-8,14H2,1-3H3,(H,15,17). The Morgan fingerprint density at radius 3 is 2.67 bits per heavy atom. The maximum absolute atomic E-state index is 12.8. The van der Waals surface area contributed by atoms with Gasteiger partial charge in [0.15, 0.2) is 0 Å². The normalized spacial score (nSPS) is 35.4. The first-order valence-electron chi connectivity index (χ1n) is 6.66. The lowest BCUT2D eigenvalue weighted by Gasteiger charge is -2.45. The molecule has 5 heteroatoms. The van der Waals surface area contributed by atoms with Crippen molar-refractivity contribution in [2.75, 3.05) is 13.1 Å². The van der Waals surface area contributed by atoms with Crippen LogP contribution in [0, 0.1) is 5.41 Å². The molecule has 1 heterocycles. The third kappa shape index (κ3) is 1.81. The van der Waals surface area contributed by atoms with Crippen LogP contribution >= 0.6 is 0 Å². The second-order valence-corrected chi connectivity index (χ2v) is 6.19. The van der Waals surface area contributed by atoms with E-state index in [0.717, 1.165) is 19.3 Å². The molecular formula is C13H23N3O2. The minimum atomic E-state index is -0.777. The number of carbonyl (C=O) groups is 2. The van der Waals surface area contributed by atoms with E-state index in [1.807, 2.05) is 6.92 Å². The number of piperazine rings is 1. The predicted molar refractivity (Wildman–Crippen MR) is 68.7 cm³/mol. The van der Waals surface area contributed by atoms with E-state index >= 15 is 0 Å². The van der Waals surface area contributed by atoms with Crippen LogP contribution in [0.2, 0.25) is 0 Å². The Labute approximate surface area is 108 Å². The third-order valence-corrected chi connectivity index (χ3v) is 4.61. The van der Waals surface area contributed by atoms with Gasteiger partial charge in [0.25, 0.3) is 0 Å². The van der Waals surface area contributed by atoms with Gasteiger partial charge < -0.3 is 16.0 Å². The largest absolute Gasteiger partial charge is 0.352 e. The first-order chi connectivity index (χ1) is 8.30. The zero-order valence-corrected chi connectivity index (χ0v) is 11.5. The smallest absolute Gasteiger partial charge is 0.245 e. The van der Waals surface area contributed by atoms with E-state index in [4.69, 9.17) is 5.73 Å². The maximum atomic E-state index is 12.8. The van der Waals surface area contributed by atoms with Gasteiger partial charge in [-0.25, -0.2) is 0 Å². The highest BCUT2D eigenvalue weighted by Crippen LogP contribution is 2.40. The topological polar surface area (TPSA) is 75.4 Å². The average molecular weight is 253 g/mol. The van der Waals surface area contributed by atoms with E-state index < -0.39 is 11.0 Å². The maximum Gasteiger partial charge on any atom is 0.245 e. The Kier molecular flexibility index (Phi) is 3.13. The molecule has 0 bridgehead atoms. The van der Waals surface area contributed by atoms with Gasteiger partial charge in [-0.15, -0.1) is 0 Å². The van der Waals surface area contributed by atoms with Gasteiger partial charge in [-0.2, -0.15) is 0 Å². The summed E-state index contributed by atoms with van der Waals surface area (Å²) >= 11 is 0. The summed E-state index contributed by atoms with van der Waals surface area (Å²) in [5, 5.41) is 2.81. The molecule has 2 atom stereocenters. The fraction of sp³-hybridized carbons (Fsp3) is 0.846. The Morgan fingerprint density at radius 2 is 2.11 bits per heavy atom. The summed E-state index contributed by atoms with van der Waals surface area (Å²) < 4.78 is 0. The molecule has 0 radical (unpaired) electrons. The van der Waals surface area contributed by atoms with Crippen LogP contribution in [0.1, 0.15) is 40.0 Å². The van der Waals surface area contributed by atoms with Crippen LogP contribution < -0.4 is 11.1 Å². The summed E-state index contributed by atoms with van der Waals surface area (Å²) in [7, 11) is 0. The highest BCUT2D eigenvalue weighted by Gasteiger charge is 2.50. The zero-order valence-electron chi connectivity index (χ0n) is 11.5. The van der Waals surface area contributed by atoms with Crippen molar-refractivity contribution < 1.29 is 9.59 Å². The van der Waals surface area contributed by atoms with Crippen molar-refractivity contribution in [2.24, 2.45) is 11.1 Å². The van der Waals surface area contributed by atoms with Crippen molar-refractivity contribution >= 4 is 11.8 Å². The van der Waals surface area contributed by atoms with E-state index in [1.165, 1.54) is 0 Å². The zero-order chi connectivity index (χ0) is 13.6. The first-order valence-corrected chi connectivity index (χ1v) is 6.66. The Hall–Kier alpha value is -1.10. The molecule has 0 aromatic rings. The Bertz CT molecular complexity index is 380. The molecule has 2 unspecified atom stereocenters. The van der Waals surface area contributed by atoms with Gasteiger partial charge in [-0.1, -0.05) is 6.42 Å². The third-order valence-electron chi connectivity index (χ3n) is 4.61. The van der Waals surface area contributed by atoms with Gasteiger partial charge in [-0.3, -0.25) is 9.59 Å². The van der Waals surface area contributed by atoms with E-state index in [-0.39, 0.29) is 17.9 Å². The lowest BCUT2D eigenvalue weighted by atomic mass is 9.81. The molecule has 1 saturated carbocycles. The van der Waals surface area contributed by atoms with Gasteiger partial charge in [0, 0.05) is 19.1 Å². The van der Waals surface area contributed by atoms with Crippen LogP contribution in [0.5, 0.6) is 0 Å². The summed E-state index contributed by atoms with van der Waals surface area (Å²) in [5.41, 5.74) is 4.81. The molecule has 2 rings (SSSR count). The van der Waals surface area contributed by atoms with Crippen molar-refractivity contribution in [2.45, 2.75) is 51.6 Å². The second kappa shape index (κ2) is 4.23. The lowest BCUT2D eigenvalue weighted by Crippen LogP contribution is -2.66. The molecule has 2 amide bonds. The van der Waals surface area contributed by atoms with E-state index in [9.17, 15) is 9.59 Å². The van der Waals surface area contributed by atoms with Gasteiger partial charge in [0.05, 0.1) is 5.41 Å². The molecule has 1 aliphatic carbocycles. The Morgan fingerprint density at radius 1 is 1.44 bits per heavy atom. The predicted octanol–water partition coefficient (Wildman–Crippen LogP) is 0.241. The van der Waals surface area contributed by atoms with Crippen molar-refractivity contribution in [3.05, 3.63) is 0 Å². The molecule has 2 aliphatic rings. The number of nitrogens with two attached hydrogens (primary N) is 1. The molecule has 5 nitrogen and oxygen atoms in total. The molecule has 102 valence electrons. The van der Waals surface area contributed by atoms with Crippen LogP contribution in [0.4, 0.5) is 0 Å². The van der Waals surface area contributed by atoms with Gasteiger partial charge in [0.1, 0.15) is 5.54 Å². The van der Waals surface area contributed by atoms with Crippen molar-refractivity contribution in [3.8, 4) is 0 Å². The molecule has 3 N–H and O–H groups in total. The minimum Gasteiger partial charge on any atom is -0.352 e. The minimum absolute atomic E-state index is 0.0346. The number of rotatable bonds is 1. The van der Waals surface area contributed by atoms with E-state index in [1.54, 1.807) is 18.7 Å². The fourth-order valence-electron chi connectivity index (χ4n) is 3.02. The number of hydrogen-bond donors (Lipinski definition) is 2. The summed E-state index contributed by atoms with van der Waals surface area (Å²) in [6.07, 6.45) is 2.70. The van der Waals surface area contributed by atoms with Crippen molar-refractivity contribution in [1.29, 1.82) is 0 Å². The SMILES string of the molecule is CC1(C(=O)N2CCNC(=O)C2(C)C)CCCC1N. The average Bonchev–Trinajstić information content (AvgIpc) is 2.63. The highest BCUT2D eigenvalue weighted by molar-refractivity contribution is 5.94. The Balaban J connectivity index is 2.25. The summed E-state index contributed by atoms with van der Waals surface area (Å²) in [6, 6.07) is -0.0919. The molecular weight excluding hydrogens is 230 g/mol. The first kappa shape index (κ1) is 13.3. The van der Waals surface area contributed by atoms with Gasteiger partial charge >= 0.3 is 0 Å². The molecule has 1 saturated heterocycles. The summed E-state index contributed by atoms with van der Waals surface area (Å²) in [5.74, 6) is -0.0513. The molecule has 1 aliphatic heterocycles. The monoisotopic (exact) mass is 253 g/mol. The fourth-order valence-corrected chi connectivity index (χ4v) is 3.02. The number of nitrogens with one attached hydrogen (secondary N) is 1. The quantitative estimate of drug-likeness (QED) is 0.703. The summed E-state index contributed by atoms with van der Waals surface area (Å²) in [6.45, 7) is 6.63. The molecule has 0 aromatic carbocycles. The molecule has 18 heavy (non-hydrogen) atoms.